The molecule has 6 nitrogen and oxygen atoms in total. The van der Waals surface area contributed by atoms with Crippen LogP contribution >= 0.6 is 0 Å². The lowest BCUT2D eigenvalue weighted by atomic mass is 10.3. The van der Waals surface area contributed by atoms with Gasteiger partial charge in [0.2, 0.25) is 9.84 Å². The number of rotatable bonds is 8. The average molecular weight is 493 g/mol. The standard InChI is InChI=1S/C24H24N2O4S.C2H6.C2H2/c1-2-23(10-5-15-29-21-8-3-6-18(25)16-21)31(27,28)24-13-11-20(12-14-24)30-22-9-4-7-19(26)17-22;2*1-2/h2-14,16-17H,15,25-26H2,1H3;1-2H3;1-2H/b10-5-,23-2+;;. The minimum absolute atomic E-state index is 0.168. The van der Waals surface area contributed by atoms with Gasteiger partial charge in [0.05, 0.1) is 9.80 Å². The van der Waals surface area contributed by atoms with Gasteiger partial charge in [0, 0.05) is 23.5 Å². The zero-order chi connectivity index (χ0) is 26.3. The summed E-state index contributed by atoms with van der Waals surface area (Å²) >= 11 is 0. The molecule has 0 atom stereocenters. The van der Waals surface area contributed by atoms with Crippen LogP contribution < -0.4 is 20.9 Å². The first kappa shape index (κ1) is 28.9. The average Bonchev–Trinajstić information content (AvgIpc) is 2.87. The van der Waals surface area contributed by atoms with E-state index < -0.39 is 9.84 Å². The molecule has 7 heteroatoms. The fraction of sp³-hybridized carbons (Fsp3) is 0.143. The number of terminal acetylenes is 1. The van der Waals surface area contributed by atoms with E-state index in [1.54, 1.807) is 79.7 Å². The number of anilines is 2. The van der Waals surface area contributed by atoms with Crippen LogP contribution in [-0.2, 0) is 9.84 Å². The van der Waals surface area contributed by atoms with Crippen molar-refractivity contribution >= 4 is 21.2 Å². The van der Waals surface area contributed by atoms with E-state index in [1.807, 2.05) is 13.8 Å². The van der Waals surface area contributed by atoms with Crippen molar-refractivity contribution in [1.82, 2.24) is 0 Å². The zero-order valence-electron chi connectivity index (χ0n) is 20.2. The number of ether oxygens (including phenoxy) is 2. The minimum Gasteiger partial charge on any atom is -0.489 e. The first-order valence-electron chi connectivity index (χ1n) is 10.9. The lowest BCUT2D eigenvalue weighted by Crippen LogP contribution is -2.04. The molecule has 0 unspecified atom stereocenters. The summed E-state index contributed by atoms with van der Waals surface area (Å²) in [5.41, 5.74) is 12.6. The predicted molar refractivity (Wildman–Crippen MR) is 145 cm³/mol. The third kappa shape index (κ3) is 8.95. The number of nitrogen functional groups attached to an aromatic ring is 2. The summed E-state index contributed by atoms with van der Waals surface area (Å²) < 4.78 is 37.2. The highest BCUT2D eigenvalue weighted by Gasteiger charge is 2.18. The van der Waals surface area contributed by atoms with E-state index in [2.05, 4.69) is 12.8 Å². The molecule has 0 radical (unpaired) electrons. The maximum atomic E-state index is 13.0. The Kier molecular flexibility index (Phi) is 12.3. The van der Waals surface area contributed by atoms with E-state index >= 15 is 0 Å². The second kappa shape index (κ2) is 14.9. The van der Waals surface area contributed by atoms with Gasteiger partial charge < -0.3 is 20.9 Å². The van der Waals surface area contributed by atoms with Crippen molar-refractivity contribution in [3.8, 4) is 30.1 Å². The quantitative estimate of drug-likeness (QED) is 0.219. The van der Waals surface area contributed by atoms with Crippen molar-refractivity contribution in [3.05, 3.63) is 95.9 Å². The summed E-state index contributed by atoms with van der Waals surface area (Å²) in [7, 11) is -3.68. The van der Waals surface area contributed by atoms with E-state index in [9.17, 15) is 8.42 Å². The molecule has 0 heterocycles. The monoisotopic (exact) mass is 492 g/mol. The van der Waals surface area contributed by atoms with Gasteiger partial charge in [-0.2, -0.15) is 0 Å². The first-order valence-corrected chi connectivity index (χ1v) is 12.4. The van der Waals surface area contributed by atoms with Crippen molar-refractivity contribution in [2.24, 2.45) is 0 Å². The van der Waals surface area contributed by atoms with E-state index in [4.69, 9.17) is 20.9 Å². The third-order valence-electron chi connectivity index (χ3n) is 4.31. The molecule has 3 aromatic rings. The first-order chi connectivity index (χ1) is 16.9. The Morgan fingerprint density at radius 3 is 1.94 bits per heavy atom. The number of sulfone groups is 1. The molecule has 184 valence electrons. The van der Waals surface area contributed by atoms with Crippen molar-refractivity contribution in [1.29, 1.82) is 0 Å². The molecule has 3 rings (SSSR count). The molecule has 0 spiro atoms. The molecule has 0 aliphatic carbocycles. The van der Waals surface area contributed by atoms with E-state index in [1.165, 1.54) is 18.2 Å². The fourth-order valence-electron chi connectivity index (χ4n) is 2.79. The summed E-state index contributed by atoms with van der Waals surface area (Å²) in [6.07, 6.45) is 12.7. The number of hydrogen-bond donors (Lipinski definition) is 2. The van der Waals surface area contributed by atoms with Crippen LogP contribution in [-0.4, -0.2) is 15.0 Å². The van der Waals surface area contributed by atoms with Gasteiger partial charge in [0.1, 0.15) is 23.9 Å². The van der Waals surface area contributed by atoms with Crippen LogP contribution in [0.25, 0.3) is 0 Å². The summed E-state index contributed by atoms with van der Waals surface area (Å²) in [4.78, 5) is 0.343. The van der Waals surface area contributed by atoms with Crippen LogP contribution in [0.2, 0.25) is 0 Å². The Bertz CT molecular complexity index is 1250. The van der Waals surface area contributed by atoms with Crippen LogP contribution in [0.4, 0.5) is 11.4 Å². The summed E-state index contributed by atoms with van der Waals surface area (Å²) in [6, 6.07) is 20.3. The highest BCUT2D eigenvalue weighted by atomic mass is 32.2. The van der Waals surface area contributed by atoms with Crippen LogP contribution in [0.3, 0.4) is 0 Å². The van der Waals surface area contributed by atoms with Crippen LogP contribution in [0.5, 0.6) is 17.2 Å². The fourth-order valence-corrected chi connectivity index (χ4v) is 4.14. The molecule has 0 saturated heterocycles. The number of allylic oxidation sites excluding steroid dienone is 2. The van der Waals surface area contributed by atoms with Gasteiger partial charge in [-0.05, 0) is 67.6 Å². The second-order valence-corrected chi connectivity index (χ2v) is 8.58. The number of nitrogens with two attached hydrogens (primary N) is 2. The van der Waals surface area contributed by atoms with Gasteiger partial charge in [-0.25, -0.2) is 8.42 Å². The van der Waals surface area contributed by atoms with Gasteiger partial charge in [-0.1, -0.05) is 32.1 Å². The van der Waals surface area contributed by atoms with Crippen molar-refractivity contribution < 1.29 is 17.9 Å². The maximum absolute atomic E-state index is 13.0. The van der Waals surface area contributed by atoms with Crippen LogP contribution in [0.15, 0.2) is 101 Å². The van der Waals surface area contributed by atoms with Gasteiger partial charge >= 0.3 is 0 Å². The Morgan fingerprint density at radius 2 is 1.40 bits per heavy atom. The predicted octanol–water partition coefficient (Wildman–Crippen LogP) is 6.23. The highest BCUT2D eigenvalue weighted by molar-refractivity contribution is 7.95. The molecular weight excluding hydrogens is 460 g/mol. The van der Waals surface area contributed by atoms with Gasteiger partial charge in [0.25, 0.3) is 0 Å². The Balaban J connectivity index is 0.00000145. The minimum atomic E-state index is -3.68. The van der Waals surface area contributed by atoms with Crippen LogP contribution in [0, 0.1) is 12.8 Å². The van der Waals surface area contributed by atoms with Gasteiger partial charge in [0.15, 0.2) is 0 Å². The third-order valence-corrected chi connectivity index (χ3v) is 6.19. The van der Waals surface area contributed by atoms with Gasteiger partial charge in [-0.15, -0.1) is 12.8 Å². The summed E-state index contributed by atoms with van der Waals surface area (Å²) in [6.45, 7) is 5.89. The SMILES string of the molecule is C#C.C/C=C(\C=C/COc1cccc(N)c1)S(=O)(=O)c1ccc(Oc2cccc(N)c2)cc1.CC. The van der Waals surface area contributed by atoms with E-state index in [0.717, 1.165) is 0 Å². The molecule has 3 aromatic carbocycles. The molecular formula is C28H32N2O4S. The lowest BCUT2D eigenvalue weighted by Gasteiger charge is -2.09. The largest absolute Gasteiger partial charge is 0.489 e. The lowest BCUT2D eigenvalue weighted by molar-refractivity contribution is 0.363. The highest BCUT2D eigenvalue weighted by Crippen LogP contribution is 2.27. The molecule has 0 bridgehead atoms. The smallest absolute Gasteiger partial charge is 0.206 e. The topological polar surface area (TPSA) is 105 Å². The second-order valence-electron chi connectivity index (χ2n) is 6.63. The Hall–Kier alpha value is -4.15. The Morgan fingerprint density at radius 1 is 0.857 bits per heavy atom. The number of benzene rings is 3. The van der Waals surface area contributed by atoms with Crippen molar-refractivity contribution in [2.45, 2.75) is 25.7 Å². The molecule has 35 heavy (non-hydrogen) atoms. The van der Waals surface area contributed by atoms with Crippen LogP contribution in [0.1, 0.15) is 20.8 Å². The van der Waals surface area contributed by atoms with Crippen molar-refractivity contribution in [3.63, 3.8) is 0 Å². The molecule has 0 aliphatic heterocycles. The summed E-state index contributed by atoms with van der Waals surface area (Å²) in [5.74, 6) is 1.70. The molecule has 4 N–H and O–H groups in total. The molecule has 0 fully saturated rings. The molecule has 0 amide bonds. The Labute approximate surface area is 208 Å². The maximum Gasteiger partial charge on any atom is 0.206 e. The van der Waals surface area contributed by atoms with E-state index in [-0.39, 0.29) is 16.4 Å². The summed E-state index contributed by atoms with van der Waals surface area (Å²) in [5, 5.41) is 0. The molecule has 0 aliphatic rings. The zero-order valence-corrected chi connectivity index (χ0v) is 21.0. The number of hydrogen-bond acceptors (Lipinski definition) is 6. The molecule has 0 saturated carbocycles. The van der Waals surface area contributed by atoms with Gasteiger partial charge in [-0.3, -0.25) is 0 Å². The normalized spacial score (nSPS) is 10.9. The molecule has 0 aromatic heterocycles. The van der Waals surface area contributed by atoms with Crippen molar-refractivity contribution in [2.75, 3.05) is 18.1 Å². The van der Waals surface area contributed by atoms with E-state index in [0.29, 0.717) is 28.6 Å².